The SMILES string of the molecule is CNCCc1cc(C)cc(C(C)(F)F)c1OC. The molecule has 0 aliphatic rings. The molecule has 0 atom stereocenters. The Morgan fingerprint density at radius 1 is 1.35 bits per heavy atom. The Hall–Kier alpha value is -1.16. The van der Waals surface area contributed by atoms with Crippen LogP contribution in [0, 0.1) is 6.92 Å². The minimum Gasteiger partial charge on any atom is -0.496 e. The van der Waals surface area contributed by atoms with E-state index in [4.69, 9.17) is 4.74 Å². The Kier molecular flexibility index (Phi) is 4.46. The van der Waals surface area contributed by atoms with E-state index in [-0.39, 0.29) is 5.56 Å². The lowest BCUT2D eigenvalue weighted by molar-refractivity contribution is 0.0149. The minimum atomic E-state index is -2.88. The number of nitrogens with one attached hydrogen (secondary N) is 1. The van der Waals surface area contributed by atoms with E-state index in [1.54, 1.807) is 0 Å². The van der Waals surface area contributed by atoms with Crippen LogP contribution in [0.4, 0.5) is 8.78 Å². The number of hydrogen-bond donors (Lipinski definition) is 1. The second kappa shape index (κ2) is 5.45. The summed E-state index contributed by atoms with van der Waals surface area (Å²) in [5, 5.41) is 3.00. The van der Waals surface area contributed by atoms with Crippen LogP contribution in [0.2, 0.25) is 0 Å². The summed E-state index contributed by atoms with van der Waals surface area (Å²) in [6, 6.07) is 3.38. The Bertz CT molecular complexity index is 386. The fraction of sp³-hybridized carbons (Fsp3) is 0.538. The van der Waals surface area contributed by atoms with E-state index in [9.17, 15) is 8.78 Å². The van der Waals surface area contributed by atoms with E-state index >= 15 is 0 Å². The molecule has 0 spiro atoms. The van der Waals surface area contributed by atoms with Crippen LogP contribution in [0.3, 0.4) is 0 Å². The molecule has 4 heteroatoms. The molecule has 0 aliphatic carbocycles. The zero-order valence-electron chi connectivity index (χ0n) is 10.7. The fourth-order valence-electron chi connectivity index (χ4n) is 1.86. The van der Waals surface area contributed by atoms with E-state index in [0.29, 0.717) is 12.2 Å². The molecule has 0 aromatic heterocycles. The second-order valence-electron chi connectivity index (χ2n) is 4.25. The molecule has 0 unspecified atom stereocenters. The number of ether oxygens (including phenoxy) is 1. The molecular formula is C13H19F2NO. The third kappa shape index (κ3) is 3.40. The topological polar surface area (TPSA) is 21.3 Å². The van der Waals surface area contributed by atoms with Gasteiger partial charge >= 0.3 is 0 Å². The summed E-state index contributed by atoms with van der Waals surface area (Å²) in [5.41, 5.74) is 1.61. The summed E-state index contributed by atoms with van der Waals surface area (Å²) in [6.07, 6.45) is 0.671. The number of likely N-dealkylation sites (N-methyl/N-ethyl adjacent to an activating group) is 1. The van der Waals surface area contributed by atoms with Crippen molar-refractivity contribution in [2.75, 3.05) is 20.7 Å². The van der Waals surface area contributed by atoms with E-state index in [0.717, 1.165) is 24.6 Å². The standard InChI is InChI=1S/C13H19F2NO/c1-9-7-10(5-6-16-3)12(17-4)11(8-9)13(2,14)15/h7-8,16H,5-6H2,1-4H3. The number of halogens is 2. The van der Waals surface area contributed by atoms with Crippen molar-refractivity contribution < 1.29 is 13.5 Å². The third-order valence-electron chi connectivity index (χ3n) is 2.63. The van der Waals surface area contributed by atoms with Gasteiger partial charge in [0.15, 0.2) is 0 Å². The van der Waals surface area contributed by atoms with Crippen molar-refractivity contribution in [1.29, 1.82) is 0 Å². The third-order valence-corrected chi connectivity index (χ3v) is 2.63. The Morgan fingerprint density at radius 3 is 2.47 bits per heavy atom. The van der Waals surface area contributed by atoms with Crippen LogP contribution in [0.15, 0.2) is 12.1 Å². The van der Waals surface area contributed by atoms with Crippen molar-refractivity contribution in [1.82, 2.24) is 5.32 Å². The minimum absolute atomic E-state index is 0.0360. The first-order chi connectivity index (χ1) is 7.90. The van der Waals surface area contributed by atoms with Gasteiger partial charge < -0.3 is 10.1 Å². The molecule has 1 aromatic carbocycles. The van der Waals surface area contributed by atoms with Crippen LogP contribution in [0.5, 0.6) is 5.75 Å². The summed E-state index contributed by atoms with van der Waals surface area (Å²) in [4.78, 5) is 0. The maximum absolute atomic E-state index is 13.5. The normalized spacial score (nSPS) is 11.6. The highest BCUT2D eigenvalue weighted by molar-refractivity contribution is 5.46. The van der Waals surface area contributed by atoms with Crippen LogP contribution in [0.25, 0.3) is 0 Å². The first-order valence-electron chi connectivity index (χ1n) is 5.60. The molecule has 0 amide bonds. The van der Waals surface area contributed by atoms with Crippen molar-refractivity contribution in [3.63, 3.8) is 0 Å². The van der Waals surface area contributed by atoms with Crippen LogP contribution in [0.1, 0.15) is 23.6 Å². The van der Waals surface area contributed by atoms with E-state index in [2.05, 4.69) is 5.32 Å². The Morgan fingerprint density at radius 2 is 2.00 bits per heavy atom. The van der Waals surface area contributed by atoms with Gasteiger partial charge in [-0.1, -0.05) is 11.6 Å². The van der Waals surface area contributed by atoms with Crippen molar-refractivity contribution in [2.45, 2.75) is 26.2 Å². The maximum atomic E-state index is 13.5. The molecule has 0 bridgehead atoms. The second-order valence-corrected chi connectivity index (χ2v) is 4.25. The van der Waals surface area contributed by atoms with Gasteiger partial charge in [0.1, 0.15) is 5.75 Å². The zero-order chi connectivity index (χ0) is 13.1. The smallest absolute Gasteiger partial charge is 0.274 e. The Balaban J connectivity index is 3.25. The number of rotatable bonds is 5. The van der Waals surface area contributed by atoms with Crippen LogP contribution >= 0.6 is 0 Å². The summed E-state index contributed by atoms with van der Waals surface area (Å²) in [6.45, 7) is 3.44. The van der Waals surface area contributed by atoms with Crippen LogP contribution < -0.4 is 10.1 Å². The summed E-state index contributed by atoms with van der Waals surface area (Å²) in [7, 11) is 3.26. The molecule has 0 aliphatic heterocycles. The van der Waals surface area contributed by atoms with Crippen LogP contribution in [-0.4, -0.2) is 20.7 Å². The largest absolute Gasteiger partial charge is 0.496 e. The number of methoxy groups -OCH3 is 1. The van der Waals surface area contributed by atoms with E-state index in [1.807, 2.05) is 20.0 Å². The molecule has 0 saturated heterocycles. The van der Waals surface area contributed by atoms with Gasteiger partial charge in [0, 0.05) is 6.92 Å². The molecule has 1 N–H and O–H groups in total. The maximum Gasteiger partial charge on any atom is 0.274 e. The molecule has 0 radical (unpaired) electrons. The Labute approximate surface area is 101 Å². The van der Waals surface area contributed by atoms with Gasteiger partial charge in [-0.05, 0) is 38.6 Å². The van der Waals surface area contributed by atoms with Gasteiger partial charge in [-0.15, -0.1) is 0 Å². The van der Waals surface area contributed by atoms with Gasteiger partial charge in [0.2, 0.25) is 0 Å². The number of alkyl halides is 2. The zero-order valence-corrected chi connectivity index (χ0v) is 10.7. The molecule has 0 saturated carbocycles. The predicted molar refractivity (Wildman–Crippen MR) is 64.9 cm³/mol. The number of benzene rings is 1. The van der Waals surface area contributed by atoms with Gasteiger partial charge in [-0.25, -0.2) is 8.78 Å². The molecular weight excluding hydrogens is 224 g/mol. The van der Waals surface area contributed by atoms with Crippen molar-refractivity contribution in [2.24, 2.45) is 0 Å². The fourth-order valence-corrected chi connectivity index (χ4v) is 1.86. The van der Waals surface area contributed by atoms with Gasteiger partial charge in [-0.2, -0.15) is 0 Å². The average Bonchev–Trinajstić information content (AvgIpc) is 2.24. The lowest BCUT2D eigenvalue weighted by atomic mass is 9.99. The summed E-state index contributed by atoms with van der Waals surface area (Å²) >= 11 is 0. The van der Waals surface area contributed by atoms with Gasteiger partial charge in [-0.3, -0.25) is 0 Å². The van der Waals surface area contributed by atoms with E-state index < -0.39 is 5.92 Å². The van der Waals surface area contributed by atoms with E-state index in [1.165, 1.54) is 13.2 Å². The lowest BCUT2D eigenvalue weighted by Gasteiger charge is -2.19. The molecule has 17 heavy (non-hydrogen) atoms. The molecule has 96 valence electrons. The summed E-state index contributed by atoms with van der Waals surface area (Å²) < 4.78 is 32.1. The van der Waals surface area contributed by atoms with Gasteiger partial charge in [0.05, 0.1) is 12.7 Å². The first-order valence-corrected chi connectivity index (χ1v) is 5.60. The van der Waals surface area contributed by atoms with Gasteiger partial charge in [0.25, 0.3) is 5.92 Å². The average molecular weight is 243 g/mol. The molecule has 1 aromatic rings. The number of hydrogen-bond acceptors (Lipinski definition) is 2. The molecule has 1 rings (SSSR count). The molecule has 0 fully saturated rings. The lowest BCUT2D eigenvalue weighted by Crippen LogP contribution is -2.14. The highest BCUT2D eigenvalue weighted by Gasteiger charge is 2.30. The van der Waals surface area contributed by atoms with Crippen molar-refractivity contribution in [3.8, 4) is 5.75 Å². The highest BCUT2D eigenvalue weighted by Crippen LogP contribution is 2.37. The monoisotopic (exact) mass is 243 g/mol. The quantitative estimate of drug-likeness (QED) is 0.858. The number of aryl methyl sites for hydroxylation is 1. The predicted octanol–water partition coefficient (Wildman–Crippen LogP) is 2.88. The molecule has 0 heterocycles. The highest BCUT2D eigenvalue weighted by atomic mass is 19.3. The summed E-state index contributed by atoms with van der Waals surface area (Å²) in [5.74, 6) is -2.58. The van der Waals surface area contributed by atoms with Crippen molar-refractivity contribution in [3.05, 3.63) is 28.8 Å². The van der Waals surface area contributed by atoms with Crippen molar-refractivity contribution >= 4 is 0 Å². The molecule has 2 nitrogen and oxygen atoms in total. The first kappa shape index (κ1) is 13.9. The van der Waals surface area contributed by atoms with Crippen LogP contribution in [-0.2, 0) is 12.3 Å².